The van der Waals surface area contributed by atoms with Crippen LogP contribution in [-0.4, -0.2) is 72.3 Å². The first kappa shape index (κ1) is 39.5. The van der Waals surface area contributed by atoms with Crippen molar-refractivity contribution in [3.8, 4) is 0 Å². The van der Waals surface area contributed by atoms with Gasteiger partial charge in [0.05, 0.1) is 13.1 Å². The first-order valence-corrected chi connectivity index (χ1v) is 12.6. The number of hydrogen-bond donors (Lipinski definition) is 7. The van der Waals surface area contributed by atoms with E-state index in [9.17, 15) is 38.4 Å². The predicted octanol–water partition coefficient (Wildman–Crippen LogP) is -2.13. The van der Waals surface area contributed by atoms with Gasteiger partial charge >= 0.3 is 0 Å². The SMILES string of the molecule is CCC.CCC(C)C(NC(=O)CNC(=O)[C@H](CCC(=O)C(N)=O)NC(C)=O)C(=O)NCC(N)=O.CCC(N)=O. The Morgan fingerprint density at radius 2 is 1.23 bits per heavy atom. The van der Waals surface area contributed by atoms with Crippen LogP contribution in [0.4, 0.5) is 0 Å². The summed E-state index contributed by atoms with van der Waals surface area (Å²) >= 11 is 0. The van der Waals surface area contributed by atoms with Crippen LogP contribution in [0.25, 0.3) is 0 Å². The second-order valence-electron chi connectivity index (χ2n) is 8.44. The van der Waals surface area contributed by atoms with Gasteiger partial charge in [0.15, 0.2) is 0 Å². The molecule has 0 heterocycles. The summed E-state index contributed by atoms with van der Waals surface area (Å²) in [6, 6.07) is -2.13. The minimum absolute atomic E-state index is 0.195. The molecule has 3 atom stereocenters. The molecule has 0 saturated carbocycles. The number of ketones is 1. The molecule has 15 heteroatoms. The van der Waals surface area contributed by atoms with Crippen molar-refractivity contribution >= 4 is 47.1 Å². The van der Waals surface area contributed by atoms with Crippen molar-refractivity contribution in [2.75, 3.05) is 13.1 Å². The maximum absolute atomic E-state index is 12.3. The molecule has 7 amide bonds. The number of hydrogen-bond acceptors (Lipinski definition) is 8. The molecule has 39 heavy (non-hydrogen) atoms. The van der Waals surface area contributed by atoms with Crippen molar-refractivity contribution in [2.45, 2.75) is 85.7 Å². The highest BCUT2D eigenvalue weighted by molar-refractivity contribution is 6.35. The minimum atomic E-state index is -1.17. The summed E-state index contributed by atoms with van der Waals surface area (Å²) in [5, 5.41) is 9.39. The van der Waals surface area contributed by atoms with Crippen molar-refractivity contribution in [1.29, 1.82) is 0 Å². The monoisotopic (exact) mass is 559 g/mol. The lowest BCUT2D eigenvalue weighted by Crippen LogP contribution is -2.54. The van der Waals surface area contributed by atoms with Gasteiger partial charge in [0.25, 0.3) is 5.91 Å². The molecule has 0 rings (SSSR count). The van der Waals surface area contributed by atoms with Gasteiger partial charge in [0.1, 0.15) is 12.1 Å². The van der Waals surface area contributed by atoms with Gasteiger partial charge in [-0.1, -0.05) is 47.5 Å². The van der Waals surface area contributed by atoms with Gasteiger partial charge in [-0.3, -0.25) is 38.4 Å². The summed E-state index contributed by atoms with van der Waals surface area (Å²) in [6.45, 7) is 9.75. The fourth-order valence-electron chi connectivity index (χ4n) is 2.41. The largest absolute Gasteiger partial charge is 0.370 e. The van der Waals surface area contributed by atoms with Gasteiger partial charge in [0.2, 0.25) is 41.2 Å². The lowest BCUT2D eigenvalue weighted by Gasteiger charge is -2.23. The summed E-state index contributed by atoms with van der Waals surface area (Å²) in [7, 11) is 0. The van der Waals surface area contributed by atoms with Gasteiger partial charge in [-0.2, -0.15) is 0 Å². The molecular weight excluding hydrogens is 514 g/mol. The molecule has 2 unspecified atom stereocenters. The molecule has 0 aliphatic rings. The Morgan fingerprint density at radius 3 is 1.62 bits per heavy atom. The van der Waals surface area contributed by atoms with E-state index < -0.39 is 59.9 Å². The third-order valence-electron chi connectivity index (χ3n) is 4.65. The van der Waals surface area contributed by atoms with Crippen LogP contribution in [0.3, 0.4) is 0 Å². The van der Waals surface area contributed by atoms with Crippen LogP contribution in [-0.2, 0) is 38.4 Å². The second kappa shape index (κ2) is 23.1. The molecule has 0 aromatic carbocycles. The van der Waals surface area contributed by atoms with Crippen LogP contribution in [0, 0.1) is 5.92 Å². The molecule has 0 aromatic rings. The van der Waals surface area contributed by atoms with E-state index in [0.717, 1.165) is 6.92 Å². The Labute approximate surface area is 229 Å². The fourth-order valence-corrected chi connectivity index (χ4v) is 2.41. The number of nitrogens with one attached hydrogen (secondary N) is 4. The Morgan fingerprint density at radius 1 is 0.744 bits per heavy atom. The normalized spacial score (nSPS) is 11.8. The molecule has 15 nitrogen and oxygen atoms in total. The zero-order chi connectivity index (χ0) is 31.1. The highest BCUT2D eigenvalue weighted by atomic mass is 16.2. The van der Waals surface area contributed by atoms with E-state index in [2.05, 4.69) is 40.8 Å². The van der Waals surface area contributed by atoms with E-state index in [0.29, 0.717) is 12.8 Å². The first-order chi connectivity index (χ1) is 18.1. The van der Waals surface area contributed by atoms with Crippen LogP contribution in [0.2, 0.25) is 0 Å². The molecular formula is C24H45N7O8. The van der Waals surface area contributed by atoms with Gasteiger partial charge in [-0.15, -0.1) is 0 Å². The maximum Gasteiger partial charge on any atom is 0.284 e. The van der Waals surface area contributed by atoms with Gasteiger partial charge < -0.3 is 38.5 Å². The van der Waals surface area contributed by atoms with E-state index in [1.165, 1.54) is 6.42 Å². The summed E-state index contributed by atoms with van der Waals surface area (Å²) in [4.78, 5) is 90.6. The van der Waals surface area contributed by atoms with E-state index in [4.69, 9.17) is 11.5 Å². The minimum Gasteiger partial charge on any atom is -0.370 e. The van der Waals surface area contributed by atoms with Crippen LogP contribution < -0.4 is 38.5 Å². The molecule has 224 valence electrons. The first-order valence-electron chi connectivity index (χ1n) is 12.6. The van der Waals surface area contributed by atoms with Gasteiger partial charge in [-0.25, -0.2) is 0 Å². The number of carbonyl (C=O) groups excluding carboxylic acids is 8. The second-order valence-corrected chi connectivity index (χ2v) is 8.44. The van der Waals surface area contributed by atoms with E-state index in [1.54, 1.807) is 20.8 Å². The van der Waals surface area contributed by atoms with Crippen molar-refractivity contribution in [3.63, 3.8) is 0 Å². The quantitative estimate of drug-likeness (QED) is 0.109. The Hall–Kier alpha value is -4.04. The number of carbonyl (C=O) groups is 8. The van der Waals surface area contributed by atoms with Crippen LogP contribution >= 0.6 is 0 Å². The van der Waals surface area contributed by atoms with E-state index >= 15 is 0 Å². The molecule has 0 aliphatic heterocycles. The third-order valence-corrected chi connectivity index (χ3v) is 4.65. The lowest BCUT2D eigenvalue weighted by molar-refractivity contribution is -0.136. The predicted molar refractivity (Wildman–Crippen MR) is 143 cm³/mol. The summed E-state index contributed by atoms with van der Waals surface area (Å²) in [5.41, 5.74) is 14.5. The van der Waals surface area contributed by atoms with E-state index in [-0.39, 0.29) is 31.2 Å². The third kappa shape index (κ3) is 22.9. The van der Waals surface area contributed by atoms with Crippen LogP contribution in [0.1, 0.15) is 73.6 Å². The number of rotatable bonds is 15. The van der Waals surface area contributed by atoms with Crippen molar-refractivity contribution in [2.24, 2.45) is 23.1 Å². The molecule has 0 bridgehead atoms. The molecule has 0 saturated heterocycles. The number of primary amides is 3. The number of amides is 7. The Bertz CT molecular complexity index is 848. The average molecular weight is 560 g/mol. The number of nitrogens with two attached hydrogens (primary N) is 3. The Balaban J connectivity index is -0.00000141. The fraction of sp³-hybridized carbons (Fsp3) is 0.667. The van der Waals surface area contributed by atoms with Crippen molar-refractivity contribution in [1.82, 2.24) is 21.3 Å². The Kier molecular flexibility index (Phi) is 23.4. The molecule has 0 aliphatic carbocycles. The molecule has 10 N–H and O–H groups in total. The zero-order valence-electron chi connectivity index (χ0n) is 23.7. The summed E-state index contributed by atoms with van der Waals surface area (Å²) in [6.07, 6.45) is 1.68. The standard InChI is InChI=1S/C18H30N6O7.C3H7NO.C3H8/c1-4-9(2)15(18(31)21-7-13(19)27)24-14(28)8-22-17(30)11(23-10(3)25)5-6-12(26)16(20)29;1-2-3(4)5;1-3-2/h9,11,15H,4-8H2,1-3H3,(H2,19,27)(H2,20,29)(H,21,31)(H,22,30)(H,23,25)(H,24,28);2H2,1H3,(H2,4,5);3H2,1-2H3/t9?,11-,15?;;/m0../s1. The highest BCUT2D eigenvalue weighted by Gasteiger charge is 2.27. The van der Waals surface area contributed by atoms with Gasteiger partial charge in [-0.05, 0) is 12.3 Å². The molecule has 0 radical (unpaired) electrons. The lowest BCUT2D eigenvalue weighted by atomic mass is 9.98. The van der Waals surface area contributed by atoms with Crippen LogP contribution in [0.15, 0.2) is 0 Å². The number of Topliss-reactive ketones (excluding diaryl/α,β-unsaturated/α-hetero) is 1. The molecule has 0 aromatic heterocycles. The van der Waals surface area contributed by atoms with Gasteiger partial charge in [0, 0.05) is 19.8 Å². The van der Waals surface area contributed by atoms with Crippen molar-refractivity contribution in [3.05, 3.63) is 0 Å². The average Bonchev–Trinajstić information content (AvgIpc) is 2.86. The van der Waals surface area contributed by atoms with Crippen LogP contribution in [0.5, 0.6) is 0 Å². The highest BCUT2D eigenvalue weighted by Crippen LogP contribution is 2.08. The molecule has 0 spiro atoms. The zero-order valence-corrected chi connectivity index (χ0v) is 23.7. The van der Waals surface area contributed by atoms with E-state index in [1.807, 2.05) is 0 Å². The summed E-state index contributed by atoms with van der Waals surface area (Å²) < 4.78 is 0. The van der Waals surface area contributed by atoms with Crippen molar-refractivity contribution < 1.29 is 38.4 Å². The smallest absolute Gasteiger partial charge is 0.284 e. The maximum atomic E-state index is 12.3. The summed E-state index contributed by atoms with van der Waals surface area (Å²) in [5.74, 6) is -5.94. The molecule has 0 fully saturated rings. The topological polar surface area (TPSA) is 263 Å².